The zero-order valence-corrected chi connectivity index (χ0v) is 15.2. The molecule has 0 radical (unpaired) electrons. The minimum Gasteiger partial charge on any atom is -0.493 e. The van der Waals surface area contributed by atoms with Gasteiger partial charge in [-0.2, -0.15) is 0 Å². The lowest BCUT2D eigenvalue weighted by Crippen LogP contribution is -2.25. The molecule has 0 amide bonds. The number of hydrogen-bond donors (Lipinski definition) is 1. The van der Waals surface area contributed by atoms with E-state index in [4.69, 9.17) is 25.8 Å². The van der Waals surface area contributed by atoms with Gasteiger partial charge in [-0.25, -0.2) is 0 Å². The van der Waals surface area contributed by atoms with Crippen molar-refractivity contribution >= 4 is 11.6 Å². The van der Waals surface area contributed by atoms with Gasteiger partial charge in [0.25, 0.3) is 0 Å². The van der Waals surface area contributed by atoms with E-state index in [0.29, 0.717) is 12.7 Å². The van der Waals surface area contributed by atoms with Crippen molar-refractivity contribution in [2.45, 2.75) is 32.1 Å². The zero-order valence-electron chi connectivity index (χ0n) is 14.5. The van der Waals surface area contributed by atoms with Crippen LogP contribution in [0.5, 0.6) is 11.5 Å². The number of nitrogens with one attached hydrogen (secondary N) is 1. The van der Waals surface area contributed by atoms with E-state index in [-0.39, 0.29) is 0 Å². The summed E-state index contributed by atoms with van der Waals surface area (Å²) >= 11 is 5.90. The Bertz CT molecular complexity index is 669. The third kappa shape index (κ3) is 5.36. The first-order valence-corrected chi connectivity index (χ1v) is 8.99. The summed E-state index contributed by atoms with van der Waals surface area (Å²) in [6.45, 7) is 3.04. The predicted octanol–water partition coefficient (Wildman–Crippen LogP) is 4.20. The van der Waals surface area contributed by atoms with Gasteiger partial charge in [-0.1, -0.05) is 29.8 Å². The zero-order chi connectivity index (χ0) is 17.5. The van der Waals surface area contributed by atoms with Crippen molar-refractivity contribution < 1.29 is 14.2 Å². The fourth-order valence-corrected chi connectivity index (χ4v) is 2.99. The first kappa shape index (κ1) is 18.1. The average molecular weight is 362 g/mol. The second kappa shape index (κ2) is 9.09. The van der Waals surface area contributed by atoms with Crippen molar-refractivity contribution in [3.63, 3.8) is 0 Å². The molecule has 0 bridgehead atoms. The van der Waals surface area contributed by atoms with E-state index < -0.39 is 0 Å². The summed E-state index contributed by atoms with van der Waals surface area (Å²) in [5.41, 5.74) is 2.22. The highest BCUT2D eigenvalue weighted by Crippen LogP contribution is 2.29. The largest absolute Gasteiger partial charge is 0.493 e. The minimum absolute atomic E-state index is 0.351. The molecule has 3 rings (SSSR count). The maximum Gasteiger partial charge on any atom is 0.161 e. The number of methoxy groups -OCH3 is 1. The van der Waals surface area contributed by atoms with Crippen LogP contribution in [0.2, 0.25) is 5.02 Å². The van der Waals surface area contributed by atoms with Crippen LogP contribution < -0.4 is 14.8 Å². The van der Waals surface area contributed by atoms with E-state index >= 15 is 0 Å². The summed E-state index contributed by atoms with van der Waals surface area (Å²) in [5, 5.41) is 4.17. The third-order valence-electron chi connectivity index (χ3n) is 4.26. The molecule has 2 aromatic carbocycles. The Morgan fingerprint density at radius 1 is 1.12 bits per heavy atom. The van der Waals surface area contributed by atoms with Crippen LogP contribution in [0.3, 0.4) is 0 Å². The SMILES string of the molecule is COc1cc(CNCC2CCCO2)ccc1OCc1ccc(Cl)cc1. The highest BCUT2D eigenvalue weighted by Gasteiger charge is 2.14. The first-order valence-electron chi connectivity index (χ1n) is 8.61. The fourth-order valence-electron chi connectivity index (χ4n) is 2.87. The summed E-state index contributed by atoms with van der Waals surface area (Å²) in [6, 6.07) is 13.7. The number of ether oxygens (including phenoxy) is 3. The van der Waals surface area contributed by atoms with Crippen molar-refractivity contribution in [2.24, 2.45) is 0 Å². The Morgan fingerprint density at radius 3 is 2.64 bits per heavy atom. The molecule has 0 aromatic heterocycles. The standard InChI is InChI=1S/C20H24ClNO3/c1-23-20-11-16(12-22-13-18-3-2-10-24-18)6-9-19(20)25-14-15-4-7-17(21)8-5-15/h4-9,11,18,22H,2-3,10,12-14H2,1H3. The number of halogens is 1. The molecule has 0 saturated carbocycles. The van der Waals surface area contributed by atoms with Crippen LogP contribution in [0.15, 0.2) is 42.5 Å². The van der Waals surface area contributed by atoms with Crippen LogP contribution in [0, 0.1) is 0 Å². The first-order chi connectivity index (χ1) is 12.2. The van der Waals surface area contributed by atoms with Gasteiger partial charge in [-0.3, -0.25) is 0 Å². The van der Waals surface area contributed by atoms with Gasteiger partial charge in [0, 0.05) is 24.7 Å². The molecule has 0 aliphatic carbocycles. The number of hydrogen-bond acceptors (Lipinski definition) is 4. The van der Waals surface area contributed by atoms with Gasteiger partial charge in [0.15, 0.2) is 11.5 Å². The molecule has 4 nitrogen and oxygen atoms in total. The molecule has 1 heterocycles. The van der Waals surface area contributed by atoms with E-state index in [1.165, 1.54) is 6.42 Å². The second-order valence-electron chi connectivity index (χ2n) is 6.17. The predicted molar refractivity (Wildman–Crippen MR) is 99.5 cm³/mol. The van der Waals surface area contributed by atoms with Crippen LogP contribution in [0.1, 0.15) is 24.0 Å². The quantitative estimate of drug-likeness (QED) is 0.765. The molecule has 5 heteroatoms. The third-order valence-corrected chi connectivity index (χ3v) is 4.51. The Balaban J connectivity index is 1.54. The minimum atomic E-state index is 0.351. The van der Waals surface area contributed by atoms with Crippen LogP contribution in [-0.2, 0) is 17.9 Å². The summed E-state index contributed by atoms with van der Waals surface area (Å²) < 4.78 is 17.0. The molecule has 1 saturated heterocycles. The van der Waals surface area contributed by atoms with Crippen LogP contribution in [0.25, 0.3) is 0 Å². The number of rotatable bonds is 8. The van der Waals surface area contributed by atoms with Crippen molar-refractivity contribution in [1.82, 2.24) is 5.32 Å². The highest BCUT2D eigenvalue weighted by molar-refractivity contribution is 6.30. The molecule has 0 spiro atoms. The van der Waals surface area contributed by atoms with Crippen molar-refractivity contribution in [3.05, 3.63) is 58.6 Å². The van der Waals surface area contributed by atoms with Gasteiger partial charge in [0.05, 0.1) is 13.2 Å². The van der Waals surface area contributed by atoms with Gasteiger partial charge in [-0.05, 0) is 48.2 Å². The van der Waals surface area contributed by atoms with Crippen LogP contribution in [-0.4, -0.2) is 26.4 Å². The smallest absolute Gasteiger partial charge is 0.161 e. The summed E-state index contributed by atoms with van der Waals surface area (Å²) in [7, 11) is 1.66. The maximum absolute atomic E-state index is 5.90. The molecule has 1 atom stereocenters. The lowest BCUT2D eigenvalue weighted by atomic mass is 10.2. The molecular weight excluding hydrogens is 338 g/mol. The van der Waals surface area contributed by atoms with Gasteiger partial charge in [0.1, 0.15) is 6.61 Å². The van der Waals surface area contributed by atoms with Crippen molar-refractivity contribution in [1.29, 1.82) is 0 Å². The molecule has 1 aliphatic rings. The molecular formula is C20H24ClNO3. The Hall–Kier alpha value is -1.75. The highest BCUT2D eigenvalue weighted by atomic mass is 35.5. The van der Waals surface area contributed by atoms with Crippen LogP contribution >= 0.6 is 11.6 Å². The topological polar surface area (TPSA) is 39.7 Å². The molecule has 134 valence electrons. The Kier molecular flexibility index (Phi) is 6.56. The molecule has 1 aliphatic heterocycles. The molecule has 2 aromatic rings. The average Bonchev–Trinajstić information content (AvgIpc) is 3.15. The van der Waals surface area contributed by atoms with Gasteiger partial charge >= 0.3 is 0 Å². The Labute approximate surface area is 154 Å². The van der Waals surface area contributed by atoms with E-state index in [2.05, 4.69) is 11.4 Å². The molecule has 1 unspecified atom stereocenters. The van der Waals surface area contributed by atoms with Gasteiger partial charge in [-0.15, -0.1) is 0 Å². The van der Waals surface area contributed by atoms with Crippen molar-refractivity contribution in [3.8, 4) is 11.5 Å². The normalized spacial score (nSPS) is 16.8. The monoisotopic (exact) mass is 361 g/mol. The molecule has 1 N–H and O–H groups in total. The molecule has 25 heavy (non-hydrogen) atoms. The van der Waals surface area contributed by atoms with E-state index in [1.54, 1.807) is 7.11 Å². The van der Waals surface area contributed by atoms with E-state index in [9.17, 15) is 0 Å². The fraction of sp³-hybridized carbons (Fsp3) is 0.400. The molecule has 1 fully saturated rings. The summed E-state index contributed by atoms with van der Waals surface area (Å²) in [6.07, 6.45) is 2.66. The second-order valence-corrected chi connectivity index (χ2v) is 6.60. The summed E-state index contributed by atoms with van der Waals surface area (Å²) in [4.78, 5) is 0. The lowest BCUT2D eigenvalue weighted by Gasteiger charge is -2.14. The van der Waals surface area contributed by atoms with Crippen molar-refractivity contribution in [2.75, 3.05) is 20.3 Å². The Morgan fingerprint density at radius 2 is 1.92 bits per heavy atom. The van der Waals surface area contributed by atoms with Gasteiger partial charge < -0.3 is 19.5 Å². The van der Waals surface area contributed by atoms with E-state index in [0.717, 1.165) is 53.8 Å². The van der Waals surface area contributed by atoms with Gasteiger partial charge in [0.2, 0.25) is 0 Å². The summed E-state index contributed by atoms with van der Waals surface area (Å²) in [5.74, 6) is 1.48. The number of benzene rings is 2. The maximum atomic E-state index is 5.90. The lowest BCUT2D eigenvalue weighted by molar-refractivity contribution is 0.110. The van der Waals surface area contributed by atoms with Crippen LogP contribution in [0.4, 0.5) is 0 Å². The van der Waals surface area contributed by atoms with E-state index in [1.807, 2.05) is 36.4 Å².